The summed E-state index contributed by atoms with van der Waals surface area (Å²) in [5.74, 6) is -0.393. The van der Waals surface area contributed by atoms with Crippen LogP contribution in [0.5, 0.6) is 0 Å². The smallest absolute Gasteiger partial charge is 0.308 e. The van der Waals surface area contributed by atoms with Gasteiger partial charge in [-0.3, -0.25) is 4.79 Å². The molecule has 2 aromatic carbocycles. The maximum atomic E-state index is 13.6. The summed E-state index contributed by atoms with van der Waals surface area (Å²) in [6.45, 7) is 1.65. The van der Waals surface area contributed by atoms with E-state index >= 15 is 0 Å². The van der Waals surface area contributed by atoms with E-state index in [1.807, 2.05) is 0 Å². The van der Waals surface area contributed by atoms with E-state index in [9.17, 15) is 14.0 Å². The largest absolute Gasteiger partial charge is 0.323 e. The van der Waals surface area contributed by atoms with Crippen molar-refractivity contribution in [1.29, 1.82) is 0 Å². The summed E-state index contributed by atoms with van der Waals surface area (Å²) < 4.78 is 13.6. The van der Waals surface area contributed by atoms with Crippen molar-refractivity contribution in [1.82, 2.24) is 10.2 Å². The van der Waals surface area contributed by atoms with E-state index in [1.165, 1.54) is 12.1 Å². The zero-order valence-corrected chi connectivity index (χ0v) is 13.3. The molecular formula is C18H15FN4O2. The van der Waals surface area contributed by atoms with Gasteiger partial charge in [-0.2, -0.15) is 5.10 Å². The summed E-state index contributed by atoms with van der Waals surface area (Å²) in [5.41, 5.74) is 2.20. The number of carbonyl (C=O) groups excluding carboxylic acids is 1. The van der Waals surface area contributed by atoms with Gasteiger partial charge in [-0.25, -0.2) is 14.3 Å². The quantitative estimate of drug-likeness (QED) is 0.683. The Hall–Kier alpha value is -3.48. The lowest BCUT2D eigenvalue weighted by Crippen LogP contribution is -2.20. The van der Waals surface area contributed by atoms with Crippen molar-refractivity contribution >= 4 is 17.4 Å². The van der Waals surface area contributed by atoms with Gasteiger partial charge >= 0.3 is 6.03 Å². The molecule has 0 fully saturated rings. The Bertz CT molecular complexity index is 964. The first-order chi connectivity index (χ1) is 12.0. The lowest BCUT2D eigenvalue weighted by atomic mass is 10.1. The highest BCUT2D eigenvalue weighted by Gasteiger charge is 2.10. The molecule has 2 amide bonds. The van der Waals surface area contributed by atoms with Crippen LogP contribution in [0.2, 0.25) is 0 Å². The Morgan fingerprint density at radius 1 is 1.08 bits per heavy atom. The van der Waals surface area contributed by atoms with Crippen LogP contribution in [0.25, 0.3) is 11.3 Å². The van der Waals surface area contributed by atoms with Crippen molar-refractivity contribution in [3.05, 3.63) is 76.3 Å². The van der Waals surface area contributed by atoms with E-state index in [-0.39, 0.29) is 5.56 Å². The second kappa shape index (κ2) is 6.96. The minimum absolute atomic E-state index is 0.312. The number of hydrogen-bond donors (Lipinski definition) is 3. The summed E-state index contributed by atoms with van der Waals surface area (Å²) in [6.07, 6.45) is 0. The zero-order valence-electron chi connectivity index (χ0n) is 13.3. The maximum absolute atomic E-state index is 13.6. The molecule has 7 heteroatoms. The highest BCUT2D eigenvalue weighted by molar-refractivity contribution is 6.02. The molecule has 0 radical (unpaired) electrons. The molecule has 3 N–H and O–H groups in total. The van der Waals surface area contributed by atoms with Crippen LogP contribution in [0.3, 0.4) is 0 Å². The fraction of sp³-hybridized carbons (Fsp3) is 0.0556. The van der Waals surface area contributed by atoms with Gasteiger partial charge in [-0.05, 0) is 36.8 Å². The van der Waals surface area contributed by atoms with Crippen molar-refractivity contribution < 1.29 is 9.18 Å². The molecule has 0 unspecified atom stereocenters. The molecule has 3 rings (SSSR count). The first-order valence-electron chi connectivity index (χ1n) is 7.52. The van der Waals surface area contributed by atoms with Gasteiger partial charge in [0.2, 0.25) is 0 Å². The van der Waals surface area contributed by atoms with E-state index in [1.54, 1.807) is 49.4 Å². The predicted octanol–water partition coefficient (Wildman–Crippen LogP) is 3.53. The highest BCUT2D eigenvalue weighted by atomic mass is 19.1. The number of hydrogen-bond acceptors (Lipinski definition) is 3. The number of rotatable bonds is 3. The van der Waals surface area contributed by atoms with Gasteiger partial charge in [-0.15, -0.1) is 0 Å². The molecule has 25 heavy (non-hydrogen) atoms. The number of nitrogens with zero attached hydrogens (tertiary/aromatic N) is 1. The second-order valence-electron chi connectivity index (χ2n) is 5.40. The summed E-state index contributed by atoms with van der Waals surface area (Å²) in [4.78, 5) is 23.3. The molecular weight excluding hydrogens is 323 g/mol. The van der Waals surface area contributed by atoms with E-state index in [0.29, 0.717) is 28.2 Å². The minimum Gasteiger partial charge on any atom is -0.308 e. The number of aromatic nitrogens is 2. The number of halogens is 1. The molecule has 1 aromatic heterocycles. The van der Waals surface area contributed by atoms with Gasteiger partial charge in [0, 0.05) is 17.3 Å². The third-order valence-corrected chi connectivity index (χ3v) is 3.56. The van der Waals surface area contributed by atoms with E-state index in [2.05, 4.69) is 20.8 Å². The molecule has 0 atom stereocenters. The van der Waals surface area contributed by atoms with Crippen LogP contribution in [0.15, 0.2) is 59.4 Å². The number of benzene rings is 2. The lowest BCUT2D eigenvalue weighted by Gasteiger charge is -2.12. The molecule has 0 bridgehead atoms. The normalized spacial score (nSPS) is 10.3. The molecule has 1 heterocycles. The van der Waals surface area contributed by atoms with Crippen LogP contribution in [0.1, 0.15) is 5.56 Å². The minimum atomic E-state index is -0.514. The van der Waals surface area contributed by atoms with E-state index in [4.69, 9.17) is 0 Å². The number of para-hydroxylation sites is 1. The third-order valence-electron chi connectivity index (χ3n) is 3.56. The van der Waals surface area contributed by atoms with Crippen LogP contribution < -0.4 is 16.2 Å². The predicted molar refractivity (Wildman–Crippen MR) is 94.1 cm³/mol. The first kappa shape index (κ1) is 16.4. The van der Waals surface area contributed by atoms with Crippen LogP contribution in [-0.2, 0) is 0 Å². The van der Waals surface area contributed by atoms with Crippen LogP contribution in [-0.4, -0.2) is 16.2 Å². The molecule has 0 aliphatic rings. The van der Waals surface area contributed by atoms with Crippen molar-refractivity contribution in [2.45, 2.75) is 6.92 Å². The highest BCUT2D eigenvalue weighted by Crippen LogP contribution is 2.25. The Kier molecular flexibility index (Phi) is 4.56. The van der Waals surface area contributed by atoms with Gasteiger partial charge in [-0.1, -0.05) is 24.3 Å². The monoisotopic (exact) mass is 338 g/mol. The van der Waals surface area contributed by atoms with Crippen LogP contribution in [0.4, 0.5) is 20.6 Å². The van der Waals surface area contributed by atoms with Crippen molar-refractivity contribution in [3.8, 4) is 11.3 Å². The molecule has 0 aliphatic heterocycles. The number of aryl methyl sites for hydroxylation is 1. The SMILES string of the molecule is Cc1ccc(NC(=O)Nc2ccccc2-c2ccc(=O)[nH]n2)cc1F. The number of carbonyl (C=O) groups is 1. The molecule has 0 saturated carbocycles. The molecule has 126 valence electrons. The summed E-state index contributed by atoms with van der Waals surface area (Å²) in [7, 11) is 0. The Balaban J connectivity index is 1.80. The van der Waals surface area contributed by atoms with Crippen LogP contribution in [0, 0.1) is 12.7 Å². The van der Waals surface area contributed by atoms with E-state index in [0.717, 1.165) is 0 Å². The summed E-state index contributed by atoms with van der Waals surface area (Å²) in [6, 6.07) is 13.9. The zero-order chi connectivity index (χ0) is 17.8. The number of aromatic amines is 1. The van der Waals surface area contributed by atoms with Gasteiger partial charge in [0.25, 0.3) is 5.56 Å². The Labute approximate surface area is 142 Å². The fourth-order valence-electron chi connectivity index (χ4n) is 2.27. The van der Waals surface area contributed by atoms with Crippen molar-refractivity contribution in [2.24, 2.45) is 0 Å². The number of nitrogens with one attached hydrogen (secondary N) is 3. The van der Waals surface area contributed by atoms with Gasteiger partial charge < -0.3 is 10.6 Å². The molecule has 0 spiro atoms. The topological polar surface area (TPSA) is 86.9 Å². The average Bonchev–Trinajstić information content (AvgIpc) is 2.59. The number of urea groups is 1. The van der Waals surface area contributed by atoms with Gasteiger partial charge in [0.1, 0.15) is 5.82 Å². The summed E-state index contributed by atoms with van der Waals surface area (Å²) >= 11 is 0. The Morgan fingerprint density at radius 2 is 1.88 bits per heavy atom. The molecule has 3 aromatic rings. The van der Waals surface area contributed by atoms with Gasteiger partial charge in [0.05, 0.1) is 11.4 Å². The Morgan fingerprint density at radius 3 is 2.60 bits per heavy atom. The first-order valence-corrected chi connectivity index (χ1v) is 7.52. The summed E-state index contributed by atoms with van der Waals surface area (Å²) in [5, 5.41) is 11.6. The number of anilines is 2. The maximum Gasteiger partial charge on any atom is 0.323 e. The van der Waals surface area contributed by atoms with Crippen LogP contribution >= 0.6 is 0 Å². The van der Waals surface area contributed by atoms with Crippen molar-refractivity contribution in [3.63, 3.8) is 0 Å². The van der Waals surface area contributed by atoms with E-state index < -0.39 is 11.8 Å². The average molecular weight is 338 g/mol. The van der Waals surface area contributed by atoms with Gasteiger partial charge in [0.15, 0.2) is 0 Å². The standard InChI is InChI=1S/C18H15FN4O2/c1-11-6-7-12(10-14(11)19)20-18(25)21-15-5-3-2-4-13(15)16-8-9-17(24)23-22-16/h2-10H,1H3,(H,23,24)(H2,20,21,25). The molecule has 6 nitrogen and oxygen atoms in total. The second-order valence-corrected chi connectivity index (χ2v) is 5.40. The molecule has 0 saturated heterocycles. The lowest BCUT2D eigenvalue weighted by molar-refractivity contribution is 0.262. The fourth-order valence-corrected chi connectivity index (χ4v) is 2.27. The third kappa shape index (κ3) is 3.89. The van der Waals surface area contributed by atoms with Crippen molar-refractivity contribution in [2.75, 3.05) is 10.6 Å². The molecule has 0 aliphatic carbocycles. The number of H-pyrrole nitrogens is 1. The number of amides is 2.